The van der Waals surface area contributed by atoms with Crippen LogP contribution in [0.2, 0.25) is 0 Å². The highest BCUT2D eigenvalue weighted by molar-refractivity contribution is 6.03. The Morgan fingerprint density at radius 1 is 0.687 bits per heavy atom. The number of carbonyl (C=O) groups excluding carboxylic acids is 5. The third kappa shape index (κ3) is 23.2. The van der Waals surface area contributed by atoms with Gasteiger partial charge in [-0.25, -0.2) is 9.59 Å². The Kier molecular flexibility index (Phi) is 30.3. The van der Waals surface area contributed by atoms with Gasteiger partial charge in [-0.2, -0.15) is 4.58 Å². The predicted molar refractivity (Wildman–Crippen MR) is 389 cm³/mol. The molecule has 0 unspecified atom stereocenters. The van der Waals surface area contributed by atoms with E-state index in [9.17, 15) is 38.7 Å². The van der Waals surface area contributed by atoms with Crippen LogP contribution in [-0.4, -0.2) is 126 Å². The average molecular weight is 1360 g/mol. The summed E-state index contributed by atoms with van der Waals surface area (Å²) in [7, 11) is 0. The fourth-order valence-corrected chi connectivity index (χ4v) is 13.2. The van der Waals surface area contributed by atoms with Crippen LogP contribution < -0.4 is 42.4 Å². The standard InChI is InChI=1S/C79H105N9O11/c1-7-9-18-50-88-67-33-17-15-31-63(67)79(5,6)70(88)42-37-58-26-19-25-57(36-41-69-78(3,4)62-30-14-16-32-66(62)87(69)49-10-8-2)73(58)99-61-38-34-55(35-39-61)44-48-82-74(94)59(27-20-46-83-76(80)81)54-68(90)65(53-56-23-12-11-13-24-56)85-71(91)45-52-98-51-22-29-60(89)28-21-47-84-77(97)86-64(75(95)96)40-43-72(92)93/h11-17,23-24,30-39,41-42,59,64-65H,7-10,18-22,25-29,40,43-54H2,1-6H3,(H9-,80,81,82,83,84,85,86,91,92,93,94,95,96,97)/p+1/t59-,64-,65+/m1/s1. The number of Topliss-reactive ketones (excluding diaryl/α,β-unsaturated/α-hetero) is 2. The molecule has 20 heteroatoms. The Balaban J connectivity index is 0.992. The zero-order chi connectivity index (χ0) is 71.3. The fraction of sp³-hybridized carbons (Fsp3) is 0.481. The molecule has 0 saturated carbocycles. The molecule has 0 aromatic heterocycles. The SMILES string of the molecule is CCCCC[N+]1=C(/C=C/C2=C(Oc3ccc(CCNC(=O)[C@H](CCCN=C(N)N)CC(=O)[C@H](Cc4ccccc4)NC(=O)CCOCCCC(=O)CCCNC(=O)N[C@H](CCC(=O)O)C(=O)O)cc3)C(=C/C=C3/N(CCCC)c4ccccc4C3(C)C)/CCC2)C(C)(C)c2ccccc21. The van der Waals surface area contributed by atoms with E-state index < -0.39 is 48.3 Å². The normalized spacial score (nSPS) is 16.2. The topological polar surface area (TPSA) is 297 Å². The largest absolute Gasteiger partial charge is 0.481 e. The number of benzene rings is 4. The molecule has 20 nitrogen and oxygen atoms in total. The van der Waals surface area contributed by atoms with Gasteiger partial charge < -0.3 is 57.3 Å². The summed E-state index contributed by atoms with van der Waals surface area (Å²) in [6.45, 7) is 16.6. The number of carboxylic acid groups (broad SMARTS) is 2. The van der Waals surface area contributed by atoms with Crippen molar-refractivity contribution in [1.82, 2.24) is 21.3 Å². The van der Waals surface area contributed by atoms with Crippen molar-refractivity contribution in [3.05, 3.63) is 172 Å². The summed E-state index contributed by atoms with van der Waals surface area (Å²) in [6, 6.07) is 31.9. The first kappa shape index (κ1) is 77.2. The van der Waals surface area contributed by atoms with Crippen molar-refractivity contribution in [3.8, 4) is 5.75 Å². The number of ether oxygens (including phenoxy) is 2. The second-order valence-electron chi connectivity index (χ2n) is 27.1. The number of carboxylic acids is 2. The molecule has 1 aliphatic carbocycles. The number of fused-ring (bicyclic) bond motifs is 2. The summed E-state index contributed by atoms with van der Waals surface area (Å²) in [5.74, 6) is -2.86. The van der Waals surface area contributed by atoms with Crippen LogP contribution in [-0.2, 0) is 57.2 Å². The first-order chi connectivity index (χ1) is 47.6. The minimum absolute atomic E-state index is 0.0363. The Morgan fingerprint density at radius 2 is 1.40 bits per heavy atom. The number of amides is 4. The van der Waals surface area contributed by atoms with E-state index in [1.807, 2.05) is 54.6 Å². The van der Waals surface area contributed by atoms with Gasteiger partial charge in [0.1, 0.15) is 29.9 Å². The van der Waals surface area contributed by atoms with E-state index in [0.29, 0.717) is 44.4 Å². The molecule has 0 radical (unpaired) electrons. The molecule has 0 bridgehead atoms. The molecule has 7 rings (SSSR count). The number of ketones is 2. The second kappa shape index (κ2) is 38.8. The van der Waals surface area contributed by atoms with Crippen molar-refractivity contribution in [3.63, 3.8) is 0 Å². The number of guanidine groups is 1. The van der Waals surface area contributed by atoms with Crippen molar-refractivity contribution < 1.29 is 57.8 Å². The summed E-state index contributed by atoms with van der Waals surface area (Å²) in [5.41, 5.74) is 22.8. The van der Waals surface area contributed by atoms with Gasteiger partial charge in [-0.1, -0.05) is 125 Å². The lowest BCUT2D eigenvalue weighted by Gasteiger charge is -2.27. The highest BCUT2D eigenvalue weighted by Crippen LogP contribution is 2.48. The third-order valence-corrected chi connectivity index (χ3v) is 18.8. The van der Waals surface area contributed by atoms with E-state index in [4.69, 9.17) is 26.0 Å². The van der Waals surface area contributed by atoms with E-state index in [1.165, 1.54) is 40.3 Å². The summed E-state index contributed by atoms with van der Waals surface area (Å²) in [5, 5.41) is 28.8. The van der Waals surface area contributed by atoms with Crippen LogP contribution in [0.15, 0.2) is 155 Å². The molecule has 0 saturated heterocycles. The Bertz CT molecular complexity index is 3600. The molecule has 0 spiro atoms. The molecule has 10 N–H and O–H groups in total. The van der Waals surface area contributed by atoms with Gasteiger partial charge in [-0.15, -0.1) is 0 Å². The molecular weight excluding hydrogens is 1250 g/mol. The van der Waals surface area contributed by atoms with Gasteiger partial charge in [0.05, 0.1) is 18.1 Å². The van der Waals surface area contributed by atoms with Gasteiger partial charge >= 0.3 is 18.0 Å². The molecule has 3 atom stereocenters. The van der Waals surface area contributed by atoms with Gasteiger partial charge in [0.25, 0.3) is 0 Å². The minimum Gasteiger partial charge on any atom is -0.481 e. The average Bonchev–Trinajstić information content (AvgIpc) is 1.61. The maximum atomic E-state index is 14.4. The minimum atomic E-state index is -1.36. The Labute approximate surface area is 584 Å². The lowest BCUT2D eigenvalue weighted by atomic mass is 9.81. The van der Waals surface area contributed by atoms with Gasteiger partial charge in [-0.05, 0) is 149 Å². The van der Waals surface area contributed by atoms with Gasteiger partial charge in [0, 0.05) is 112 Å². The molecule has 532 valence electrons. The lowest BCUT2D eigenvalue weighted by molar-refractivity contribution is -0.438. The van der Waals surface area contributed by atoms with E-state index in [0.717, 1.165) is 86.1 Å². The molecule has 99 heavy (non-hydrogen) atoms. The number of nitrogens with two attached hydrogens (primary N) is 2. The zero-order valence-electron chi connectivity index (χ0n) is 59.0. The van der Waals surface area contributed by atoms with E-state index in [2.05, 4.69) is 150 Å². The van der Waals surface area contributed by atoms with E-state index in [-0.39, 0.29) is 99.1 Å². The number of allylic oxidation sites excluding steroid dienone is 7. The van der Waals surface area contributed by atoms with Crippen LogP contribution in [0.5, 0.6) is 5.75 Å². The maximum Gasteiger partial charge on any atom is 0.326 e. The van der Waals surface area contributed by atoms with Crippen LogP contribution in [0.3, 0.4) is 0 Å². The van der Waals surface area contributed by atoms with Crippen molar-refractivity contribution in [2.75, 3.05) is 50.8 Å². The highest BCUT2D eigenvalue weighted by Gasteiger charge is 2.44. The second-order valence-corrected chi connectivity index (χ2v) is 27.1. The number of unbranched alkanes of at least 4 members (excludes halogenated alkanes) is 3. The molecule has 4 aromatic rings. The monoisotopic (exact) mass is 1360 g/mol. The molecule has 4 aromatic carbocycles. The third-order valence-electron chi connectivity index (χ3n) is 18.8. The number of urea groups is 1. The number of nitrogens with one attached hydrogen (secondary N) is 4. The summed E-state index contributed by atoms with van der Waals surface area (Å²) < 4.78 is 15.3. The summed E-state index contributed by atoms with van der Waals surface area (Å²) >= 11 is 0. The number of anilines is 1. The number of aliphatic imine (C=N–C) groups is 1. The van der Waals surface area contributed by atoms with Gasteiger partial charge in [0.15, 0.2) is 17.5 Å². The van der Waals surface area contributed by atoms with E-state index in [1.54, 1.807) is 0 Å². The number of aliphatic carboxylic acids is 2. The van der Waals surface area contributed by atoms with E-state index >= 15 is 0 Å². The molecular formula is C79H106N9O11+. The lowest BCUT2D eigenvalue weighted by Crippen LogP contribution is -2.46. The number of hydrogen-bond donors (Lipinski definition) is 8. The zero-order valence-corrected chi connectivity index (χ0v) is 59.0. The first-order valence-electron chi connectivity index (χ1n) is 35.6. The number of hydrogen-bond acceptors (Lipinski definition) is 11. The first-order valence-corrected chi connectivity index (χ1v) is 35.6. The van der Waals surface area contributed by atoms with Gasteiger partial charge in [0.2, 0.25) is 17.5 Å². The Hall–Kier alpha value is -9.17. The molecule has 2 aliphatic heterocycles. The number of para-hydroxylation sites is 2. The molecule has 4 amide bonds. The maximum absolute atomic E-state index is 14.4. The quantitative estimate of drug-likeness (QED) is 0.00886. The van der Waals surface area contributed by atoms with Crippen LogP contribution in [0, 0.1) is 5.92 Å². The van der Waals surface area contributed by atoms with Crippen LogP contribution in [0.4, 0.5) is 16.2 Å². The smallest absolute Gasteiger partial charge is 0.326 e. The Morgan fingerprint density at radius 3 is 2.13 bits per heavy atom. The van der Waals surface area contributed by atoms with Crippen LogP contribution in [0.1, 0.15) is 179 Å². The van der Waals surface area contributed by atoms with Crippen molar-refractivity contribution in [1.29, 1.82) is 0 Å². The molecule has 3 aliphatic rings. The fourth-order valence-electron chi connectivity index (χ4n) is 13.2. The van der Waals surface area contributed by atoms with Gasteiger partial charge in [-0.3, -0.25) is 29.0 Å². The predicted octanol–water partition coefficient (Wildman–Crippen LogP) is 11.9. The summed E-state index contributed by atoms with van der Waals surface area (Å²) in [6.07, 6.45) is 19.2. The van der Waals surface area contributed by atoms with Crippen molar-refractivity contribution >= 4 is 64.4 Å². The number of carbonyl (C=O) groups is 7. The van der Waals surface area contributed by atoms with Crippen LogP contribution >= 0.6 is 0 Å². The summed E-state index contributed by atoms with van der Waals surface area (Å²) in [4.78, 5) is 95.5. The number of rotatable bonds is 42. The van der Waals surface area contributed by atoms with Crippen LogP contribution in [0.25, 0.3) is 0 Å². The van der Waals surface area contributed by atoms with Crippen molar-refractivity contribution in [2.24, 2.45) is 22.4 Å². The van der Waals surface area contributed by atoms with Crippen molar-refractivity contribution in [2.45, 2.75) is 193 Å². The molecule has 0 fully saturated rings. The number of nitrogens with zero attached hydrogens (tertiary/aromatic N) is 3. The molecule has 2 heterocycles. The highest BCUT2D eigenvalue weighted by atomic mass is 16.5.